The quantitative estimate of drug-likeness (QED) is 0.428. The molecular formula is C23H24O7. The fourth-order valence-electron chi connectivity index (χ4n) is 2.33. The molecule has 2 aromatic rings. The standard InChI is InChI=1S/C23H24O7/c1-16-2-4-17(5-3-16)7-10-22(27)29-14-20(25)15-30-23(28)11-8-18-6-9-19(13-24)21(26)12-18/h2-12,20,24-26H,13-15H2,1H3/b10-7+,11-8+. The number of phenols is 1. The molecule has 158 valence electrons. The summed E-state index contributed by atoms with van der Waals surface area (Å²) in [5.41, 5.74) is 2.87. The summed E-state index contributed by atoms with van der Waals surface area (Å²) in [6.45, 7) is 1.02. The number of hydrogen-bond acceptors (Lipinski definition) is 7. The van der Waals surface area contributed by atoms with Gasteiger partial charge in [-0.15, -0.1) is 0 Å². The van der Waals surface area contributed by atoms with Crippen LogP contribution in [0.3, 0.4) is 0 Å². The molecule has 0 spiro atoms. The highest BCUT2D eigenvalue weighted by molar-refractivity contribution is 5.87. The number of rotatable bonds is 9. The second kappa shape index (κ2) is 11.5. The van der Waals surface area contributed by atoms with Crippen LogP contribution in [0, 0.1) is 6.92 Å². The number of carbonyl (C=O) groups excluding carboxylic acids is 2. The number of ether oxygens (including phenoxy) is 2. The molecule has 0 aliphatic rings. The van der Waals surface area contributed by atoms with Gasteiger partial charge in [-0.25, -0.2) is 9.59 Å². The van der Waals surface area contributed by atoms with Crippen LogP contribution in [0.4, 0.5) is 0 Å². The molecule has 2 rings (SSSR count). The van der Waals surface area contributed by atoms with Crippen LogP contribution in [0.15, 0.2) is 54.6 Å². The van der Waals surface area contributed by atoms with Gasteiger partial charge in [-0.3, -0.25) is 0 Å². The summed E-state index contributed by atoms with van der Waals surface area (Å²) >= 11 is 0. The molecule has 1 unspecified atom stereocenters. The van der Waals surface area contributed by atoms with E-state index in [2.05, 4.69) is 0 Å². The van der Waals surface area contributed by atoms with Crippen molar-refractivity contribution in [2.45, 2.75) is 19.6 Å². The zero-order valence-electron chi connectivity index (χ0n) is 16.5. The van der Waals surface area contributed by atoms with Crippen LogP contribution in [0.5, 0.6) is 5.75 Å². The molecule has 7 nitrogen and oxygen atoms in total. The molecule has 2 aromatic carbocycles. The van der Waals surface area contributed by atoms with Gasteiger partial charge in [0, 0.05) is 17.7 Å². The van der Waals surface area contributed by atoms with Crippen LogP contribution in [0.2, 0.25) is 0 Å². The fraction of sp³-hybridized carbons (Fsp3) is 0.217. The Labute approximate surface area is 174 Å². The molecule has 0 heterocycles. The summed E-state index contributed by atoms with van der Waals surface area (Å²) in [7, 11) is 0. The van der Waals surface area contributed by atoms with Crippen molar-refractivity contribution in [2.75, 3.05) is 13.2 Å². The molecule has 0 amide bonds. The maximum Gasteiger partial charge on any atom is 0.330 e. The molecule has 0 bridgehead atoms. The smallest absolute Gasteiger partial charge is 0.330 e. The largest absolute Gasteiger partial charge is 0.508 e. The van der Waals surface area contributed by atoms with Crippen LogP contribution in [0.1, 0.15) is 22.3 Å². The van der Waals surface area contributed by atoms with Gasteiger partial charge in [-0.05, 0) is 36.3 Å². The van der Waals surface area contributed by atoms with Gasteiger partial charge in [0.2, 0.25) is 0 Å². The predicted octanol–water partition coefficient (Wildman–Crippen LogP) is 2.37. The first-order chi connectivity index (χ1) is 14.4. The summed E-state index contributed by atoms with van der Waals surface area (Å²) in [4.78, 5) is 23.4. The zero-order valence-corrected chi connectivity index (χ0v) is 16.5. The first kappa shape index (κ1) is 22.9. The molecule has 0 saturated heterocycles. The van der Waals surface area contributed by atoms with Crippen LogP contribution in [0.25, 0.3) is 12.2 Å². The van der Waals surface area contributed by atoms with Crippen molar-refractivity contribution in [3.05, 3.63) is 76.9 Å². The number of aliphatic hydroxyl groups is 2. The number of carbonyl (C=O) groups is 2. The molecule has 0 saturated carbocycles. The molecular weight excluding hydrogens is 388 g/mol. The average molecular weight is 412 g/mol. The van der Waals surface area contributed by atoms with Gasteiger partial charge < -0.3 is 24.8 Å². The third-order valence-electron chi connectivity index (χ3n) is 4.02. The molecule has 30 heavy (non-hydrogen) atoms. The number of hydrogen-bond donors (Lipinski definition) is 3. The number of aryl methyl sites for hydroxylation is 1. The molecule has 3 N–H and O–H groups in total. The van der Waals surface area contributed by atoms with E-state index < -0.39 is 18.0 Å². The summed E-state index contributed by atoms with van der Waals surface area (Å²) in [5.74, 6) is -1.40. The molecule has 0 aliphatic heterocycles. The highest BCUT2D eigenvalue weighted by atomic mass is 16.6. The molecule has 1 atom stereocenters. The maximum atomic E-state index is 11.7. The summed E-state index contributed by atoms with van der Waals surface area (Å²) in [6, 6.07) is 12.1. The first-order valence-corrected chi connectivity index (χ1v) is 9.24. The van der Waals surface area contributed by atoms with E-state index in [0.29, 0.717) is 11.1 Å². The second-order valence-corrected chi connectivity index (χ2v) is 6.54. The molecule has 7 heteroatoms. The Morgan fingerprint density at radius 1 is 0.933 bits per heavy atom. The van der Waals surface area contributed by atoms with Crippen molar-refractivity contribution in [1.82, 2.24) is 0 Å². The van der Waals surface area contributed by atoms with Crippen molar-refractivity contribution < 1.29 is 34.4 Å². The van der Waals surface area contributed by atoms with E-state index in [1.54, 1.807) is 12.1 Å². The minimum atomic E-state index is -1.16. The van der Waals surface area contributed by atoms with Gasteiger partial charge in [-0.2, -0.15) is 0 Å². The van der Waals surface area contributed by atoms with E-state index in [1.165, 1.54) is 24.3 Å². The Morgan fingerprint density at radius 2 is 1.47 bits per heavy atom. The van der Waals surface area contributed by atoms with Crippen LogP contribution >= 0.6 is 0 Å². The molecule has 0 fully saturated rings. The van der Waals surface area contributed by atoms with Crippen molar-refractivity contribution in [3.63, 3.8) is 0 Å². The number of aromatic hydroxyl groups is 1. The van der Waals surface area contributed by atoms with E-state index in [9.17, 15) is 19.8 Å². The third-order valence-corrected chi connectivity index (χ3v) is 4.02. The Balaban J connectivity index is 1.71. The van der Waals surface area contributed by atoms with Crippen molar-refractivity contribution in [1.29, 1.82) is 0 Å². The van der Waals surface area contributed by atoms with Crippen LogP contribution in [-0.2, 0) is 25.7 Å². The zero-order chi connectivity index (χ0) is 21.9. The molecule has 0 aliphatic carbocycles. The fourth-order valence-corrected chi connectivity index (χ4v) is 2.33. The second-order valence-electron chi connectivity index (χ2n) is 6.54. The monoisotopic (exact) mass is 412 g/mol. The lowest BCUT2D eigenvalue weighted by Crippen LogP contribution is -2.24. The van der Waals surface area contributed by atoms with E-state index in [0.717, 1.165) is 17.2 Å². The third kappa shape index (κ3) is 7.90. The normalized spacial score (nSPS) is 12.2. The summed E-state index contributed by atoms with van der Waals surface area (Å²) in [6.07, 6.45) is 4.25. The van der Waals surface area contributed by atoms with Crippen molar-refractivity contribution in [2.24, 2.45) is 0 Å². The Hall–Kier alpha value is -3.42. The number of aliphatic hydroxyl groups excluding tert-OH is 2. The van der Waals surface area contributed by atoms with Gasteiger partial charge in [0.25, 0.3) is 0 Å². The van der Waals surface area contributed by atoms with E-state index in [1.807, 2.05) is 31.2 Å². The Morgan fingerprint density at radius 3 is 2.00 bits per heavy atom. The van der Waals surface area contributed by atoms with E-state index in [-0.39, 0.29) is 25.6 Å². The summed E-state index contributed by atoms with van der Waals surface area (Å²) < 4.78 is 9.80. The van der Waals surface area contributed by atoms with Gasteiger partial charge in [0.15, 0.2) is 0 Å². The number of esters is 2. The average Bonchev–Trinajstić information content (AvgIpc) is 2.74. The molecule has 0 aromatic heterocycles. The van der Waals surface area contributed by atoms with Crippen LogP contribution in [-0.4, -0.2) is 46.6 Å². The number of benzene rings is 2. The van der Waals surface area contributed by atoms with E-state index >= 15 is 0 Å². The van der Waals surface area contributed by atoms with Gasteiger partial charge in [0.05, 0.1) is 6.61 Å². The SMILES string of the molecule is Cc1ccc(/C=C/C(=O)OCC(O)COC(=O)/C=C/c2ccc(CO)c(O)c2)cc1. The predicted molar refractivity (Wildman–Crippen MR) is 111 cm³/mol. The lowest BCUT2D eigenvalue weighted by molar-refractivity contribution is -0.146. The highest BCUT2D eigenvalue weighted by Gasteiger charge is 2.10. The lowest BCUT2D eigenvalue weighted by atomic mass is 10.1. The molecule has 0 radical (unpaired) electrons. The highest BCUT2D eigenvalue weighted by Crippen LogP contribution is 2.19. The maximum absolute atomic E-state index is 11.7. The topological polar surface area (TPSA) is 113 Å². The van der Waals surface area contributed by atoms with Gasteiger partial charge in [0.1, 0.15) is 25.1 Å². The van der Waals surface area contributed by atoms with Gasteiger partial charge in [-0.1, -0.05) is 42.0 Å². The van der Waals surface area contributed by atoms with Crippen molar-refractivity contribution in [3.8, 4) is 5.75 Å². The minimum Gasteiger partial charge on any atom is -0.508 e. The first-order valence-electron chi connectivity index (χ1n) is 9.24. The Kier molecular flexibility index (Phi) is 8.80. The van der Waals surface area contributed by atoms with Crippen molar-refractivity contribution >= 4 is 24.1 Å². The lowest BCUT2D eigenvalue weighted by Gasteiger charge is -2.10. The minimum absolute atomic E-state index is 0.0818. The van der Waals surface area contributed by atoms with Crippen LogP contribution < -0.4 is 0 Å². The van der Waals surface area contributed by atoms with Gasteiger partial charge >= 0.3 is 11.9 Å². The Bertz CT molecular complexity index is 914. The summed E-state index contributed by atoms with van der Waals surface area (Å²) in [5, 5.41) is 28.5. The van der Waals surface area contributed by atoms with E-state index in [4.69, 9.17) is 14.6 Å².